The summed E-state index contributed by atoms with van der Waals surface area (Å²) in [5.41, 5.74) is 1.41. The molecule has 0 amide bonds. The van der Waals surface area contributed by atoms with E-state index in [1.807, 2.05) is 12.1 Å². The first-order chi connectivity index (χ1) is 9.23. The van der Waals surface area contributed by atoms with E-state index < -0.39 is 5.54 Å². The van der Waals surface area contributed by atoms with E-state index in [4.69, 9.17) is 4.74 Å². The Labute approximate surface area is 112 Å². The van der Waals surface area contributed by atoms with Crippen molar-refractivity contribution in [2.45, 2.75) is 18.4 Å². The summed E-state index contributed by atoms with van der Waals surface area (Å²) < 4.78 is 5.45. The molecule has 5 nitrogen and oxygen atoms in total. The first-order valence-electron chi connectivity index (χ1n) is 6.55. The van der Waals surface area contributed by atoms with Gasteiger partial charge >= 0.3 is 0 Å². The Morgan fingerprint density at radius 3 is 2.58 bits per heavy atom. The molecule has 0 fully saturated rings. The minimum absolute atomic E-state index is 0.294. The molecular formula is C14H21NO4. The molecule has 1 heterocycles. The molecule has 1 aliphatic rings. The van der Waals surface area contributed by atoms with E-state index in [0.717, 1.165) is 25.2 Å². The van der Waals surface area contributed by atoms with E-state index >= 15 is 0 Å². The van der Waals surface area contributed by atoms with Gasteiger partial charge in [0, 0.05) is 6.42 Å². The van der Waals surface area contributed by atoms with Gasteiger partial charge in [0.1, 0.15) is 5.75 Å². The van der Waals surface area contributed by atoms with Gasteiger partial charge in [0.2, 0.25) is 0 Å². The monoisotopic (exact) mass is 267 g/mol. The van der Waals surface area contributed by atoms with Crippen molar-refractivity contribution in [1.82, 2.24) is 5.32 Å². The molecule has 0 saturated carbocycles. The Balaban J connectivity index is 1.89. The summed E-state index contributed by atoms with van der Waals surface area (Å²) in [6.07, 6.45) is 1.72. The summed E-state index contributed by atoms with van der Waals surface area (Å²) in [7, 11) is 0. The lowest BCUT2D eigenvalue weighted by molar-refractivity contribution is 0.0431. The van der Waals surface area contributed by atoms with Gasteiger partial charge in [-0.15, -0.1) is 0 Å². The molecule has 19 heavy (non-hydrogen) atoms. The number of benzene rings is 1. The van der Waals surface area contributed by atoms with Crippen molar-refractivity contribution in [2.24, 2.45) is 0 Å². The highest BCUT2D eigenvalue weighted by Gasteiger charge is 2.26. The Morgan fingerprint density at radius 1 is 1.16 bits per heavy atom. The predicted octanol–water partition coefficient (Wildman–Crippen LogP) is -0.531. The average molecular weight is 267 g/mol. The molecule has 0 aliphatic carbocycles. The number of hydrogen-bond acceptors (Lipinski definition) is 5. The molecule has 5 heteroatoms. The number of aliphatic hydroxyl groups is 3. The topological polar surface area (TPSA) is 82.0 Å². The molecule has 0 unspecified atom stereocenters. The summed E-state index contributed by atoms with van der Waals surface area (Å²) in [5, 5.41) is 30.6. The van der Waals surface area contributed by atoms with Crippen LogP contribution in [0.3, 0.4) is 0 Å². The molecule has 0 aromatic heterocycles. The van der Waals surface area contributed by atoms with Crippen molar-refractivity contribution in [3.63, 3.8) is 0 Å². The molecule has 0 radical (unpaired) electrons. The highest BCUT2D eigenvalue weighted by Crippen LogP contribution is 2.25. The lowest BCUT2D eigenvalue weighted by Gasteiger charge is -2.28. The van der Waals surface area contributed by atoms with Crippen LogP contribution in [0.4, 0.5) is 0 Å². The molecule has 106 valence electrons. The zero-order chi connectivity index (χ0) is 13.7. The maximum absolute atomic E-state index is 9.20. The summed E-state index contributed by atoms with van der Waals surface area (Å²) in [6, 6.07) is 6.13. The van der Waals surface area contributed by atoms with Crippen LogP contribution in [0.25, 0.3) is 0 Å². The van der Waals surface area contributed by atoms with Gasteiger partial charge in [0.25, 0.3) is 0 Å². The largest absolute Gasteiger partial charge is 0.493 e. The Kier molecular flexibility index (Phi) is 4.76. The summed E-state index contributed by atoms with van der Waals surface area (Å²) in [4.78, 5) is 0. The van der Waals surface area contributed by atoms with Crippen LogP contribution in [0, 0.1) is 0 Å². The molecule has 0 spiro atoms. The highest BCUT2D eigenvalue weighted by molar-refractivity contribution is 5.39. The zero-order valence-electron chi connectivity index (χ0n) is 10.9. The normalized spacial score (nSPS) is 14.3. The van der Waals surface area contributed by atoms with Gasteiger partial charge in [-0.25, -0.2) is 0 Å². The third-order valence-corrected chi connectivity index (χ3v) is 3.58. The lowest BCUT2D eigenvalue weighted by Crippen LogP contribution is -2.55. The van der Waals surface area contributed by atoms with E-state index in [-0.39, 0.29) is 19.8 Å². The van der Waals surface area contributed by atoms with Gasteiger partial charge in [-0.1, -0.05) is 12.1 Å². The summed E-state index contributed by atoms with van der Waals surface area (Å²) in [6.45, 7) is 0.453. The second-order valence-corrected chi connectivity index (χ2v) is 4.97. The van der Waals surface area contributed by atoms with Crippen molar-refractivity contribution < 1.29 is 20.1 Å². The minimum Gasteiger partial charge on any atom is -0.493 e. The van der Waals surface area contributed by atoms with Gasteiger partial charge in [-0.2, -0.15) is 0 Å². The van der Waals surface area contributed by atoms with Crippen LogP contribution in [0.15, 0.2) is 18.2 Å². The fourth-order valence-corrected chi connectivity index (χ4v) is 2.19. The number of hydrogen-bond donors (Lipinski definition) is 4. The van der Waals surface area contributed by atoms with Crippen LogP contribution < -0.4 is 10.1 Å². The summed E-state index contributed by atoms with van der Waals surface area (Å²) >= 11 is 0. The van der Waals surface area contributed by atoms with Crippen LogP contribution in [-0.2, 0) is 12.8 Å². The second-order valence-electron chi connectivity index (χ2n) is 4.97. The van der Waals surface area contributed by atoms with Crippen molar-refractivity contribution in [1.29, 1.82) is 0 Å². The van der Waals surface area contributed by atoms with E-state index in [1.165, 1.54) is 11.1 Å². The molecule has 0 bridgehead atoms. The predicted molar refractivity (Wildman–Crippen MR) is 71.3 cm³/mol. The van der Waals surface area contributed by atoms with Crippen molar-refractivity contribution >= 4 is 0 Å². The fourth-order valence-electron chi connectivity index (χ4n) is 2.19. The van der Waals surface area contributed by atoms with Crippen LogP contribution in [0.1, 0.15) is 11.1 Å². The average Bonchev–Trinajstić information content (AvgIpc) is 2.92. The van der Waals surface area contributed by atoms with E-state index in [2.05, 4.69) is 11.4 Å². The van der Waals surface area contributed by atoms with Gasteiger partial charge in [-0.05, 0) is 30.2 Å². The quantitative estimate of drug-likeness (QED) is 0.534. The van der Waals surface area contributed by atoms with E-state index in [9.17, 15) is 15.3 Å². The fraction of sp³-hybridized carbons (Fsp3) is 0.571. The van der Waals surface area contributed by atoms with Gasteiger partial charge in [0.15, 0.2) is 0 Å². The number of fused-ring (bicyclic) bond motifs is 1. The molecular weight excluding hydrogens is 246 g/mol. The zero-order valence-corrected chi connectivity index (χ0v) is 10.9. The molecule has 2 rings (SSSR count). The van der Waals surface area contributed by atoms with Crippen molar-refractivity contribution in [3.05, 3.63) is 29.3 Å². The Hall–Kier alpha value is -1.14. The molecule has 0 atom stereocenters. The van der Waals surface area contributed by atoms with Crippen molar-refractivity contribution in [3.8, 4) is 5.75 Å². The number of rotatable bonds is 7. The highest BCUT2D eigenvalue weighted by atomic mass is 16.5. The van der Waals surface area contributed by atoms with Crippen LogP contribution >= 0.6 is 0 Å². The van der Waals surface area contributed by atoms with Crippen LogP contribution in [-0.4, -0.2) is 53.8 Å². The number of ether oxygens (including phenoxy) is 1. The van der Waals surface area contributed by atoms with E-state index in [1.54, 1.807) is 0 Å². The molecule has 1 aliphatic heterocycles. The maximum atomic E-state index is 9.20. The van der Waals surface area contributed by atoms with Gasteiger partial charge in [-0.3, -0.25) is 0 Å². The molecule has 0 saturated heterocycles. The van der Waals surface area contributed by atoms with Crippen LogP contribution in [0.2, 0.25) is 0 Å². The van der Waals surface area contributed by atoms with Gasteiger partial charge in [0.05, 0.1) is 32.0 Å². The third-order valence-electron chi connectivity index (χ3n) is 3.58. The van der Waals surface area contributed by atoms with Crippen LogP contribution in [0.5, 0.6) is 5.75 Å². The number of aliphatic hydroxyl groups excluding tert-OH is 3. The first-order valence-corrected chi connectivity index (χ1v) is 6.55. The molecule has 1 aromatic rings. The smallest absolute Gasteiger partial charge is 0.122 e. The number of nitrogens with one attached hydrogen (secondary N) is 1. The SMILES string of the molecule is OCC(CO)(CO)NCCc1ccc2c(c1)CCO2. The molecule has 1 aromatic carbocycles. The summed E-state index contributed by atoms with van der Waals surface area (Å²) in [5.74, 6) is 0.965. The minimum atomic E-state index is -1.00. The maximum Gasteiger partial charge on any atom is 0.122 e. The third kappa shape index (κ3) is 3.25. The lowest BCUT2D eigenvalue weighted by atomic mass is 10.0. The standard InChI is InChI=1S/C14H21NO4/c16-8-14(9-17,10-18)15-5-3-11-1-2-13-12(7-11)4-6-19-13/h1-2,7,15-18H,3-6,8-10H2. The van der Waals surface area contributed by atoms with Crippen molar-refractivity contribution in [2.75, 3.05) is 33.0 Å². The van der Waals surface area contributed by atoms with E-state index in [0.29, 0.717) is 6.54 Å². The van der Waals surface area contributed by atoms with Gasteiger partial charge < -0.3 is 25.4 Å². The first kappa shape index (κ1) is 14.3. The Morgan fingerprint density at radius 2 is 1.89 bits per heavy atom. The Bertz CT molecular complexity index is 410. The second kappa shape index (κ2) is 6.34. The molecule has 4 N–H and O–H groups in total.